The van der Waals surface area contributed by atoms with Crippen LogP contribution in [-0.4, -0.2) is 19.6 Å². The zero-order valence-corrected chi connectivity index (χ0v) is 13.0. The van der Waals surface area contributed by atoms with Crippen LogP contribution in [0.15, 0.2) is 79.4 Å². The molecule has 1 aromatic heterocycles. The molecule has 0 amide bonds. The number of thiocarbonyl (C=S) groups is 1. The van der Waals surface area contributed by atoms with E-state index in [4.69, 9.17) is 12.2 Å². The minimum Gasteiger partial charge on any atom is -0.340 e. The molecule has 0 N–H and O–H groups in total. The molecule has 0 fully saturated rings. The summed E-state index contributed by atoms with van der Waals surface area (Å²) in [5.41, 5.74) is 2.47. The van der Waals surface area contributed by atoms with Gasteiger partial charge in [-0.2, -0.15) is 0 Å². The quantitative estimate of drug-likeness (QED) is 0.686. The summed E-state index contributed by atoms with van der Waals surface area (Å²) < 4.78 is 1.88. The van der Waals surface area contributed by atoms with Crippen LogP contribution < -0.4 is 0 Å². The number of aromatic nitrogens is 2. The van der Waals surface area contributed by atoms with Gasteiger partial charge >= 0.3 is 0 Å². The minimum atomic E-state index is 0.755. The second kappa shape index (κ2) is 7.00. The summed E-state index contributed by atoms with van der Waals surface area (Å²) in [7, 11) is 0. The topological polar surface area (TPSA) is 21.1 Å². The van der Waals surface area contributed by atoms with E-state index >= 15 is 0 Å². The molecular weight excluding hydrogens is 290 g/mol. The summed E-state index contributed by atoms with van der Waals surface area (Å²) in [4.78, 5) is 6.27. The van der Waals surface area contributed by atoms with Gasteiger partial charge in [0.15, 0.2) is 5.11 Å². The molecule has 0 bridgehead atoms. The van der Waals surface area contributed by atoms with Gasteiger partial charge in [0.25, 0.3) is 0 Å². The predicted molar refractivity (Wildman–Crippen MR) is 92.4 cm³/mol. The van der Waals surface area contributed by atoms with Crippen LogP contribution in [0.3, 0.4) is 0 Å². The van der Waals surface area contributed by atoms with Gasteiger partial charge in [0, 0.05) is 25.5 Å². The molecule has 3 aromatic rings. The molecule has 22 heavy (non-hydrogen) atoms. The van der Waals surface area contributed by atoms with Crippen LogP contribution in [0.4, 0.5) is 0 Å². The molecule has 0 radical (unpaired) electrons. The second-order valence-electron chi connectivity index (χ2n) is 5.08. The molecular formula is C18H17N3S. The highest BCUT2D eigenvalue weighted by atomic mass is 32.1. The summed E-state index contributed by atoms with van der Waals surface area (Å²) >= 11 is 5.64. The van der Waals surface area contributed by atoms with Crippen molar-refractivity contribution >= 4 is 17.3 Å². The molecule has 0 aliphatic rings. The van der Waals surface area contributed by atoms with Crippen molar-refractivity contribution in [3.63, 3.8) is 0 Å². The first-order valence-electron chi connectivity index (χ1n) is 7.18. The average Bonchev–Trinajstić information content (AvgIpc) is 3.10. The summed E-state index contributed by atoms with van der Waals surface area (Å²) in [6.45, 7) is 1.54. The molecule has 0 unspecified atom stereocenters. The van der Waals surface area contributed by atoms with Crippen molar-refractivity contribution in [1.29, 1.82) is 0 Å². The molecule has 0 saturated heterocycles. The summed E-state index contributed by atoms with van der Waals surface area (Å²) in [5.74, 6) is 0. The molecule has 2 aromatic carbocycles. The van der Waals surface area contributed by atoms with Gasteiger partial charge in [-0.3, -0.25) is 4.57 Å². The van der Waals surface area contributed by atoms with Gasteiger partial charge in [0.05, 0.1) is 0 Å². The molecule has 0 saturated carbocycles. The van der Waals surface area contributed by atoms with Gasteiger partial charge in [0.1, 0.15) is 6.33 Å². The Labute approximate surface area is 135 Å². The van der Waals surface area contributed by atoms with Crippen molar-refractivity contribution in [2.75, 3.05) is 0 Å². The molecule has 3 nitrogen and oxygen atoms in total. The fraction of sp³-hybridized carbons (Fsp3) is 0.111. The van der Waals surface area contributed by atoms with Crippen LogP contribution >= 0.6 is 12.2 Å². The minimum absolute atomic E-state index is 0.755. The van der Waals surface area contributed by atoms with Crippen LogP contribution in [0.5, 0.6) is 0 Å². The summed E-state index contributed by atoms with van der Waals surface area (Å²) in [6, 6.07) is 20.7. The van der Waals surface area contributed by atoms with Gasteiger partial charge in [-0.15, -0.1) is 0 Å². The number of imidazole rings is 1. The molecule has 0 spiro atoms. The lowest BCUT2D eigenvalue weighted by atomic mass is 10.2. The largest absolute Gasteiger partial charge is 0.340 e. The standard InChI is InChI=1S/C18H17N3S/c22-18(20-12-11-19-15-20)21(13-16-7-3-1-4-8-16)14-17-9-5-2-6-10-17/h1-12,15H,13-14H2. The number of benzene rings is 2. The Balaban J connectivity index is 1.83. The highest BCUT2D eigenvalue weighted by Gasteiger charge is 2.12. The van der Waals surface area contributed by atoms with Gasteiger partial charge in [0.2, 0.25) is 0 Å². The third kappa shape index (κ3) is 3.59. The zero-order chi connectivity index (χ0) is 15.2. The van der Waals surface area contributed by atoms with Gasteiger partial charge in [-0.1, -0.05) is 60.7 Å². The second-order valence-corrected chi connectivity index (χ2v) is 5.44. The first-order chi connectivity index (χ1) is 10.8. The van der Waals surface area contributed by atoms with Crippen molar-refractivity contribution < 1.29 is 0 Å². The Hall–Kier alpha value is -2.46. The fourth-order valence-electron chi connectivity index (χ4n) is 2.33. The molecule has 0 aliphatic heterocycles. The highest BCUT2D eigenvalue weighted by Crippen LogP contribution is 2.12. The smallest absolute Gasteiger partial charge is 0.181 e. The van der Waals surface area contributed by atoms with Crippen LogP contribution in [0.25, 0.3) is 0 Å². The van der Waals surface area contributed by atoms with Crippen molar-refractivity contribution in [1.82, 2.24) is 14.5 Å². The van der Waals surface area contributed by atoms with E-state index in [2.05, 4.69) is 58.4 Å². The Kier molecular flexibility index (Phi) is 4.61. The lowest BCUT2D eigenvalue weighted by Crippen LogP contribution is -2.33. The SMILES string of the molecule is S=C(N(Cc1ccccc1)Cc1ccccc1)n1ccnc1. The maximum absolute atomic E-state index is 5.64. The van der Waals surface area contributed by atoms with Gasteiger partial charge < -0.3 is 4.90 Å². The van der Waals surface area contributed by atoms with Crippen LogP contribution in [-0.2, 0) is 13.1 Å². The number of hydrogen-bond acceptors (Lipinski definition) is 2. The molecule has 3 rings (SSSR count). The number of rotatable bonds is 4. The lowest BCUT2D eigenvalue weighted by molar-refractivity contribution is 0.402. The van der Waals surface area contributed by atoms with Crippen LogP contribution in [0.1, 0.15) is 11.1 Å². The Bertz CT molecular complexity index is 667. The van der Waals surface area contributed by atoms with Crippen LogP contribution in [0.2, 0.25) is 0 Å². The Morgan fingerprint density at radius 2 is 1.45 bits per heavy atom. The fourth-order valence-corrected chi connectivity index (χ4v) is 2.57. The third-order valence-corrected chi connectivity index (χ3v) is 3.90. The number of hydrogen-bond donors (Lipinski definition) is 0. The summed E-state index contributed by atoms with van der Waals surface area (Å²) in [5, 5.41) is 0.755. The lowest BCUT2D eigenvalue weighted by Gasteiger charge is -2.25. The van der Waals surface area contributed by atoms with E-state index in [-0.39, 0.29) is 0 Å². The number of nitrogens with zero attached hydrogens (tertiary/aromatic N) is 3. The molecule has 4 heteroatoms. The zero-order valence-electron chi connectivity index (χ0n) is 12.2. The highest BCUT2D eigenvalue weighted by molar-refractivity contribution is 7.80. The normalized spacial score (nSPS) is 10.4. The maximum atomic E-state index is 5.64. The van der Waals surface area contributed by atoms with Crippen molar-refractivity contribution in [3.8, 4) is 0 Å². The van der Waals surface area contributed by atoms with E-state index in [0.717, 1.165) is 18.2 Å². The third-order valence-electron chi connectivity index (χ3n) is 3.43. The summed E-state index contributed by atoms with van der Waals surface area (Å²) in [6.07, 6.45) is 5.37. The molecule has 0 aliphatic carbocycles. The van der Waals surface area contributed by atoms with Crippen molar-refractivity contribution in [2.45, 2.75) is 13.1 Å². The van der Waals surface area contributed by atoms with Gasteiger partial charge in [-0.25, -0.2) is 4.98 Å². The van der Waals surface area contributed by atoms with E-state index in [9.17, 15) is 0 Å². The van der Waals surface area contributed by atoms with E-state index in [0.29, 0.717) is 0 Å². The van der Waals surface area contributed by atoms with E-state index < -0.39 is 0 Å². The first kappa shape index (κ1) is 14.5. The molecule has 110 valence electrons. The first-order valence-corrected chi connectivity index (χ1v) is 7.59. The monoisotopic (exact) mass is 307 g/mol. The van der Waals surface area contributed by atoms with Crippen molar-refractivity contribution in [3.05, 3.63) is 90.5 Å². The van der Waals surface area contributed by atoms with Crippen LogP contribution in [0, 0.1) is 0 Å². The van der Waals surface area contributed by atoms with E-state index in [1.54, 1.807) is 12.5 Å². The maximum Gasteiger partial charge on any atom is 0.181 e. The van der Waals surface area contributed by atoms with Crippen molar-refractivity contribution in [2.24, 2.45) is 0 Å². The Morgan fingerprint density at radius 1 is 0.909 bits per heavy atom. The molecule has 1 heterocycles. The average molecular weight is 307 g/mol. The van der Waals surface area contributed by atoms with Gasteiger partial charge in [-0.05, 0) is 23.3 Å². The predicted octanol–water partition coefficient (Wildman–Crippen LogP) is 3.72. The Morgan fingerprint density at radius 3 is 1.91 bits per heavy atom. The molecule has 0 atom stereocenters. The van der Waals surface area contributed by atoms with E-state index in [1.807, 2.05) is 22.9 Å². The van der Waals surface area contributed by atoms with E-state index in [1.165, 1.54) is 11.1 Å².